The van der Waals surface area contributed by atoms with Gasteiger partial charge in [-0.05, 0) is 48.2 Å². The van der Waals surface area contributed by atoms with E-state index in [0.717, 1.165) is 49.7 Å². The molecule has 1 aromatic heterocycles. The molecule has 2 heterocycles. The summed E-state index contributed by atoms with van der Waals surface area (Å²) in [6.45, 7) is 8.72. The molecule has 0 atom stereocenters. The highest BCUT2D eigenvalue weighted by molar-refractivity contribution is 7.89. The van der Waals surface area contributed by atoms with Crippen LogP contribution in [0, 0.1) is 0 Å². The first-order valence-electron chi connectivity index (χ1n) is 11.8. The number of nitrogens with two attached hydrogens (primary N) is 1. The van der Waals surface area contributed by atoms with Crippen molar-refractivity contribution in [2.45, 2.75) is 11.3 Å². The maximum atomic E-state index is 13.4. The average molecular weight is 543 g/mol. The van der Waals surface area contributed by atoms with Gasteiger partial charge in [0, 0.05) is 52.8 Å². The Bertz CT molecular complexity index is 1350. The Kier molecular flexibility index (Phi) is 8.78. The number of primary sulfonamides is 1. The van der Waals surface area contributed by atoms with Crippen LogP contribution in [-0.2, 0) is 14.8 Å². The minimum atomic E-state index is -3.86. The lowest BCUT2D eigenvalue weighted by Gasteiger charge is -2.26. The first-order chi connectivity index (χ1) is 17.8. The van der Waals surface area contributed by atoms with Gasteiger partial charge in [0.15, 0.2) is 5.78 Å². The van der Waals surface area contributed by atoms with Crippen molar-refractivity contribution in [1.29, 1.82) is 0 Å². The van der Waals surface area contributed by atoms with Crippen molar-refractivity contribution in [2.75, 3.05) is 46.6 Å². The van der Waals surface area contributed by atoms with E-state index in [0.29, 0.717) is 29.2 Å². The highest BCUT2D eigenvalue weighted by atomic mass is 32.2. The molecule has 3 aromatic rings. The summed E-state index contributed by atoms with van der Waals surface area (Å²) >= 11 is 1.56. The Labute approximate surface area is 221 Å². The van der Waals surface area contributed by atoms with E-state index >= 15 is 0 Å². The summed E-state index contributed by atoms with van der Waals surface area (Å²) in [6, 6.07) is 13.1. The molecule has 1 aliphatic rings. The second-order valence-electron chi connectivity index (χ2n) is 8.56. The SMILES string of the molecule is C=C(C(=O)c1ccc(S(N)(=O)=O)cc1)c1cc(-c2cccs2)c(OC)cc1OCCCN1CCOCC1. The summed E-state index contributed by atoms with van der Waals surface area (Å²) in [5.74, 6) is 0.784. The van der Waals surface area contributed by atoms with Gasteiger partial charge in [0.25, 0.3) is 0 Å². The Morgan fingerprint density at radius 3 is 2.49 bits per heavy atom. The molecule has 10 heteroatoms. The van der Waals surface area contributed by atoms with Gasteiger partial charge in [0.2, 0.25) is 10.0 Å². The number of carbonyl (C=O) groups is 1. The molecule has 2 aromatic carbocycles. The van der Waals surface area contributed by atoms with E-state index in [-0.39, 0.29) is 16.3 Å². The van der Waals surface area contributed by atoms with Crippen LogP contribution in [0.4, 0.5) is 0 Å². The number of methoxy groups -OCH3 is 1. The number of sulfonamides is 1. The topological polar surface area (TPSA) is 108 Å². The zero-order valence-corrected chi connectivity index (χ0v) is 22.3. The number of ketones is 1. The van der Waals surface area contributed by atoms with Gasteiger partial charge >= 0.3 is 0 Å². The first kappa shape index (κ1) is 27.0. The minimum Gasteiger partial charge on any atom is -0.496 e. The van der Waals surface area contributed by atoms with E-state index in [9.17, 15) is 13.2 Å². The smallest absolute Gasteiger partial charge is 0.238 e. The molecule has 0 spiro atoms. The molecular weight excluding hydrogens is 512 g/mol. The van der Waals surface area contributed by atoms with Crippen LogP contribution in [-0.4, -0.2) is 65.7 Å². The van der Waals surface area contributed by atoms with Crippen molar-refractivity contribution in [3.8, 4) is 21.9 Å². The summed E-state index contributed by atoms with van der Waals surface area (Å²) in [7, 11) is -2.26. The van der Waals surface area contributed by atoms with Crippen LogP contribution in [0.15, 0.2) is 65.4 Å². The number of thiophene rings is 1. The van der Waals surface area contributed by atoms with E-state index in [4.69, 9.17) is 19.3 Å². The number of hydrogen-bond donors (Lipinski definition) is 1. The van der Waals surface area contributed by atoms with Gasteiger partial charge < -0.3 is 14.2 Å². The van der Waals surface area contributed by atoms with Crippen LogP contribution >= 0.6 is 11.3 Å². The summed E-state index contributed by atoms with van der Waals surface area (Å²) in [5, 5.41) is 7.15. The molecular formula is C27H30N2O6S2. The Hall–Kier alpha value is -3.02. The van der Waals surface area contributed by atoms with Gasteiger partial charge in [-0.1, -0.05) is 12.6 Å². The second kappa shape index (κ2) is 12.0. The minimum absolute atomic E-state index is 0.0663. The molecule has 0 saturated carbocycles. The molecule has 0 amide bonds. The van der Waals surface area contributed by atoms with Crippen molar-refractivity contribution < 1.29 is 27.4 Å². The van der Waals surface area contributed by atoms with Crippen LogP contribution in [0.25, 0.3) is 16.0 Å². The van der Waals surface area contributed by atoms with Gasteiger partial charge in [0.05, 0.1) is 31.8 Å². The number of hydrogen-bond acceptors (Lipinski definition) is 8. The molecule has 0 radical (unpaired) electrons. The third-order valence-electron chi connectivity index (χ3n) is 6.11. The molecule has 2 N–H and O–H groups in total. The molecule has 1 aliphatic heterocycles. The maximum absolute atomic E-state index is 13.4. The predicted molar refractivity (Wildman–Crippen MR) is 145 cm³/mol. The van der Waals surface area contributed by atoms with Gasteiger partial charge in [-0.2, -0.15) is 0 Å². The quantitative estimate of drug-likeness (QED) is 0.221. The molecule has 196 valence electrons. The van der Waals surface area contributed by atoms with E-state index in [1.165, 1.54) is 24.3 Å². The summed E-state index contributed by atoms with van der Waals surface area (Å²) in [6.07, 6.45) is 0.809. The monoisotopic (exact) mass is 542 g/mol. The molecule has 8 nitrogen and oxygen atoms in total. The van der Waals surface area contributed by atoms with Crippen LogP contribution < -0.4 is 14.6 Å². The second-order valence-corrected chi connectivity index (χ2v) is 11.1. The summed E-state index contributed by atoms with van der Waals surface area (Å²) in [5.41, 5.74) is 1.90. The number of ether oxygens (including phenoxy) is 3. The van der Waals surface area contributed by atoms with Gasteiger partial charge in [-0.15, -0.1) is 11.3 Å². The van der Waals surface area contributed by atoms with E-state index in [2.05, 4.69) is 11.5 Å². The largest absolute Gasteiger partial charge is 0.496 e. The predicted octanol–water partition coefficient (Wildman–Crippen LogP) is 4.07. The Morgan fingerprint density at radius 1 is 1.14 bits per heavy atom. The van der Waals surface area contributed by atoms with Gasteiger partial charge in [-0.25, -0.2) is 13.6 Å². The number of rotatable bonds is 11. The van der Waals surface area contributed by atoms with Crippen LogP contribution in [0.1, 0.15) is 22.3 Å². The van der Waals surface area contributed by atoms with Crippen LogP contribution in [0.3, 0.4) is 0 Å². The molecule has 0 bridgehead atoms. The number of carbonyl (C=O) groups excluding carboxylic acids is 1. The van der Waals surface area contributed by atoms with Crippen LogP contribution in [0.2, 0.25) is 0 Å². The fourth-order valence-electron chi connectivity index (χ4n) is 4.10. The molecule has 0 aliphatic carbocycles. The van der Waals surface area contributed by atoms with E-state index in [1.54, 1.807) is 24.5 Å². The first-order valence-corrected chi connectivity index (χ1v) is 14.3. The highest BCUT2D eigenvalue weighted by Crippen LogP contribution is 2.41. The Balaban J connectivity index is 1.60. The lowest BCUT2D eigenvalue weighted by Crippen LogP contribution is -2.37. The summed E-state index contributed by atoms with van der Waals surface area (Å²) in [4.78, 5) is 16.6. The van der Waals surface area contributed by atoms with Crippen molar-refractivity contribution in [3.05, 3.63) is 71.6 Å². The van der Waals surface area contributed by atoms with Crippen LogP contribution in [0.5, 0.6) is 11.5 Å². The maximum Gasteiger partial charge on any atom is 0.238 e. The molecule has 4 rings (SSSR count). The van der Waals surface area contributed by atoms with Gasteiger partial charge in [0.1, 0.15) is 11.5 Å². The van der Waals surface area contributed by atoms with Crippen molar-refractivity contribution >= 4 is 32.7 Å². The number of nitrogens with zero attached hydrogens (tertiary/aromatic N) is 1. The molecule has 1 fully saturated rings. The molecule has 0 unspecified atom stereocenters. The fourth-order valence-corrected chi connectivity index (χ4v) is 5.36. The summed E-state index contributed by atoms with van der Waals surface area (Å²) < 4.78 is 40.4. The van der Waals surface area contributed by atoms with E-state index < -0.39 is 10.0 Å². The molecule has 37 heavy (non-hydrogen) atoms. The fraction of sp³-hybridized carbons (Fsp3) is 0.296. The third kappa shape index (κ3) is 6.65. The third-order valence-corrected chi connectivity index (χ3v) is 7.94. The number of allylic oxidation sites excluding steroid dienone is 1. The lowest BCUT2D eigenvalue weighted by molar-refractivity contribution is 0.0358. The highest BCUT2D eigenvalue weighted by Gasteiger charge is 2.21. The number of benzene rings is 2. The zero-order chi connectivity index (χ0) is 26.4. The average Bonchev–Trinajstić information content (AvgIpc) is 3.45. The van der Waals surface area contributed by atoms with Gasteiger partial charge in [-0.3, -0.25) is 9.69 Å². The zero-order valence-electron chi connectivity index (χ0n) is 20.6. The van der Waals surface area contributed by atoms with Crippen molar-refractivity contribution in [2.24, 2.45) is 5.14 Å². The Morgan fingerprint density at radius 2 is 1.86 bits per heavy atom. The number of Topliss-reactive ketones (excluding diaryl/α,β-unsaturated/α-hetero) is 1. The normalized spacial score (nSPS) is 14.3. The van der Waals surface area contributed by atoms with Crippen molar-refractivity contribution in [1.82, 2.24) is 4.90 Å². The lowest BCUT2D eigenvalue weighted by atomic mass is 9.95. The van der Waals surface area contributed by atoms with Crippen molar-refractivity contribution in [3.63, 3.8) is 0 Å². The molecule has 1 saturated heterocycles. The van der Waals surface area contributed by atoms with E-state index in [1.807, 2.05) is 23.6 Å². The standard InChI is InChI=1S/C27H30N2O6S2/c1-19(27(30)20-6-8-21(9-7-20)37(28,31)32)22-17-23(26-5-3-16-36-26)24(33-2)18-25(22)35-13-4-10-29-11-14-34-15-12-29/h3,5-9,16-18H,1,4,10-15H2,2H3,(H2,28,31,32). The number of morpholine rings is 1.